The molecule has 1 fully saturated rings. The highest BCUT2D eigenvalue weighted by molar-refractivity contribution is 9.08. The SMILES string of the molecule is CN1CCN(c2nc3ccccn3c2CBr)CC1(C)C. The van der Waals surface area contributed by atoms with Crippen LogP contribution < -0.4 is 4.90 Å². The monoisotopic (exact) mass is 336 g/mol. The summed E-state index contributed by atoms with van der Waals surface area (Å²) in [5.41, 5.74) is 2.44. The van der Waals surface area contributed by atoms with Crippen LogP contribution in [0.15, 0.2) is 24.4 Å². The summed E-state index contributed by atoms with van der Waals surface area (Å²) < 4.78 is 2.18. The number of anilines is 1. The Morgan fingerprint density at radius 3 is 2.80 bits per heavy atom. The van der Waals surface area contributed by atoms with Gasteiger partial charge in [0, 0.05) is 36.7 Å². The molecule has 0 spiro atoms. The van der Waals surface area contributed by atoms with Gasteiger partial charge >= 0.3 is 0 Å². The van der Waals surface area contributed by atoms with E-state index in [4.69, 9.17) is 4.98 Å². The summed E-state index contributed by atoms with van der Waals surface area (Å²) in [6.07, 6.45) is 2.09. The molecule has 108 valence electrons. The first kappa shape index (κ1) is 13.9. The van der Waals surface area contributed by atoms with Gasteiger partial charge in [0.1, 0.15) is 5.65 Å². The van der Waals surface area contributed by atoms with E-state index in [0.717, 1.165) is 36.4 Å². The first-order valence-electron chi connectivity index (χ1n) is 7.01. The van der Waals surface area contributed by atoms with E-state index >= 15 is 0 Å². The average Bonchev–Trinajstić information content (AvgIpc) is 2.80. The fraction of sp³-hybridized carbons (Fsp3) is 0.533. The molecule has 0 atom stereocenters. The van der Waals surface area contributed by atoms with Crippen LogP contribution in [-0.2, 0) is 5.33 Å². The highest BCUT2D eigenvalue weighted by Crippen LogP contribution is 2.28. The summed E-state index contributed by atoms with van der Waals surface area (Å²) in [4.78, 5) is 9.68. The fourth-order valence-corrected chi connectivity index (χ4v) is 3.35. The largest absolute Gasteiger partial charge is 0.352 e. The minimum Gasteiger partial charge on any atom is -0.352 e. The van der Waals surface area contributed by atoms with E-state index < -0.39 is 0 Å². The molecule has 1 aliphatic rings. The molecule has 5 heteroatoms. The Balaban J connectivity index is 2.02. The van der Waals surface area contributed by atoms with Crippen LogP contribution in [0.2, 0.25) is 0 Å². The molecular formula is C15H21BrN4. The Kier molecular flexibility index (Phi) is 3.50. The molecule has 2 aromatic heterocycles. The van der Waals surface area contributed by atoms with Crippen molar-refractivity contribution < 1.29 is 0 Å². The van der Waals surface area contributed by atoms with Crippen LogP contribution >= 0.6 is 15.9 Å². The summed E-state index contributed by atoms with van der Waals surface area (Å²) in [7, 11) is 2.20. The number of rotatable bonds is 2. The van der Waals surface area contributed by atoms with E-state index in [2.05, 4.69) is 69.4 Å². The quantitative estimate of drug-likeness (QED) is 0.788. The zero-order valence-electron chi connectivity index (χ0n) is 12.3. The van der Waals surface area contributed by atoms with Gasteiger partial charge < -0.3 is 9.30 Å². The Morgan fingerprint density at radius 1 is 1.30 bits per heavy atom. The molecule has 0 radical (unpaired) electrons. The van der Waals surface area contributed by atoms with Gasteiger partial charge in [0.15, 0.2) is 5.82 Å². The van der Waals surface area contributed by atoms with Crippen molar-refractivity contribution in [2.24, 2.45) is 0 Å². The van der Waals surface area contributed by atoms with Crippen molar-refractivity contribution in [2.75, 3.05) is 31.6 Å². The summed E-state index contributed by atoms with van der Waals surface area (Å²) in [6.45, 7) is 7.70. The third kappa shape index (κ3) is 2.23. The maximum absolute atomic E-state index is 4.84. The van der Waals surface area contributed by atoms with E-state index in [9.17, 15) is 0 Å². The molecule has 3 rings (SSSR count). The molecule has 4 nitrogen and oxygen atoms in total. The van der Waals surface area contributed by atoms with Crippen molar-refractivity contribution in [3.05, 3.63) is 30.1 Å². The summed E-state index contributed by atoms with van der Waals surface area (Å²) in [5, 5.41) is 0.820. The second kappa shape index (κ2) is 5.04. The Labute approximate surface area is 128 Å². The van der Waals surface area contributed by atoms with Crippen molar-refractivity contribution in [3.63, 3.8) is 0 Å². The van der Waals surface area contributed by atoms with Crippen molar-refractivity contribution in [1.82, 2.24) is 14.3 Å². The molecule has 3 heterocycles. The van der Waals surface area contributed by atoms with E-state index in [1.807, 2.05) is 6.07 Å². The molecule has 0 N–H and O–H groups in total. The number of halogens is 1. The van der Waals surface area contributed by atoms with Gasteiger partial charge in [-0.3, -0.25) is 4.90 Å². The molecule has 0 aromatic carbocycles. The van der Waals surface area contributed by atoms with Gasteiger partial charge in [-0.2, -0.15) is 0 Å². The second-order valence-electron chi connectivity index (χ2n) is 6.10. The number of nitrogens with zero attached hydrogens (tertiary/aromatic N) is 4. The zero-order chi connectivity index (χ0) is 14.3. The third-order valence-electron chi connectivity index (χ3n) is 4.35. The molecule has 2 aromatic rings. The lowest BCUT2D eigenvalue weighted by Gasteiger charge is -2.45. The number of aromatic nitrogens is 2. The number of fused-ring (bicyclic) bond motifs is 1. The summed E-state index contributed by atoms with van der Waals surface area (Å²) >= 11 is 3.62. The molecule has 0 saturated carbocycles. The number of imidazole rings is 1. The van der Waals surface area contributed by atoms with Crippen LogP contribution in [0, 0.1) is 0 Å². The van der Waals surface area contributed by atoms with E-state index in [1.165, 1.54) is 5.69 Å². The Bertz CT molecular complexity index is 619. The number of pyridine rings is 1. The van der Waals surface area contributed by atoms with Crippen LogP contribution in [0.4, 0.5) is 5.82 Å². The lowest BCUT2D eigenvalue weighted by molar-refractivity contribution is 0.138. The highest BCUT2D eigenvalue weighted by Gasteiger charge is 2.33. The minimum absolute atomic E-state index is 0.178. The molecule has 0 amide bonds. The molecule has 0 aliphatic carbocycles. The van der Waals surface area contributed by atoms with Gasteiger partial charge in [-0.1, -0.05) is 22.0 Å². The van der Waals surface area contributed by atoms with Crippen LogP contribution in [0.25, 0.3) is 5.65 Å². The van der Waals surface area contributed by atoms with E-state index in [-0.39, 0.29) is 5.54 Å². The predicted octanol–water partition coefficient (Wildman–Crippen LogP) is 2.76. The average molecular weight is 337 g/mol. The summed E-state index contributed by atoms with van der Waals surface area (Å²) in [6, 6.07) is 6.16. The molecule has 0 unspecified atom stereocenters. The van der Waals surface area contributed by atoms with Gasteiger partial charge in [0.05, 0.1) is 5.69 Å². The minimum atomic E-state index is 0.178. The van der Waals surface area contributed by atoms with Gasteiger partial charge in [0.25, 0.3) is 0 Å². The van der Waals surface area contributed by atoms with Crippen molar-refractivity contribution in [3.8, 4) is 0 Å². The van der Waals surface area contributed by atoms with Crippen LogP contribution in [0.3, 0.4) is 0 Å². The first-order valence-corrected chi connectivity index (χ1v) is 8.13. The number of hydrogen-bond acceptors (Lipinski definition) is 3. The third-order valence-corrected chi connectivity index (χ3v) is 4.88. The molecule has 20 heavy (non-hydrogen) atoms. The lowest BCUT2D eigenvalue weighted by Crippen LogP contribution is -2.58. The molecule has 1 saturated heterocycles. The van der Waals surface area contributed by atoms with Gasteiger partial charge in [0.2, 0.25) is 0 Å². The van der Waals surface area contributed by atoms with Gasteiger partial charge in [-0.15, -0.1) is 0 Å². The second-order valence-corrected chi connectivity index (χ2v) is 6.66. The number of hydrogen-bond donors (Lipinski definition) is 0. The topological polar surface area (TPSA) is 23.8 Å². The first-order chi connectivity index (χ1) is 9.53. The van der Waals surface area contributed by atoms with E-state index in [1.54, 1.807) is 0 Å². The predicted molar refractivity (Wildman–Crippen MR) is 86.7 cm³/mol. The van der Waals surface area contributed by atoms with Crippen molar-refractivity contribution in [1.29, 1.82) is 0 Å². The van der Waals surface area contributed by atoms with Crippen LogP contribution in [0.5, 0.6) is 0 Å². The fourth-order valence-electron chi connectivity index (χ4n) is 2.83. The van der Waals surface area contributed by atoms with E-state index in [0.29, 0.717) is 0 Å². The maximum atomic E-state index is 4.84. The van der Waals surface area contributed by atoms with Gasteiger partial charge in [-0.05, 0) is 33.0 Å². The molecule has 1 aliphatic heterocycles. The lowest BCUT2D eigenvalue weighted by atomic mass is 10.00. The van der Waals surface area contributed by atoms with Crippen molar-refractivity contribution in [2.45, 2.75) is 24.7 Å². The maximum Gasteiger partial charge on any atom is 0.152 e. The van der Waals surface area contributed by atoms with Crippen LogP contribution in [-0.4, -0.2) is 46.5 Å². The molecule has 0 bridgehead atoms. The Hall–Kier alpha value is -1.07. The smallest absolute Gasteiger partial charge is 0.152 e. The molecular weight excluding hydrogens is 316 g/mol. The van der Waals surface area contributed by atoms with Gasteiger partial charge in [-0.25, -0.2) is 4.98 Å². The summed E-state index contributed by atoms with van der Waals surface area (Å²) in [5.74, 6) is 1.12. The van der Waals surface area contributed by atoms with Crippen molar-refractivity contribution >= 4 is 27.4 Å². The number of likely N-dealkylation sites (N-methyl/N-ethyl adjacent to an activating group) is 1. The Morgan fingerprint density at radius 2 is 2.10 bits per heavy atom. The number of alkyl halides is 1. The highest BCUT2D eigenvalue weighted by atomic mass is 79.9. The number of piperazine rings is 1. The standard InChI is InChI=1S/C15H21BrN4/c1-15(2)11-19(9-8-18(15)3)14-12(10-16)20-7-5-4-6-13(20)17-14/h4-7H,8-11H2,1-3H3. The van der Waals surface area contributed by atoms with Crippen LogP contribution in [0.1, 0.15) is 19.5 Å². The zero-order valence-corrected chi connectivity index (χ0v) is 13.9. The normalized spacial score (nSPS) is 19.7.